The van der Waals surface area contributed by atoms with Crippen molar-refractivity contribution in [3.05, 3.63) is 12.8 Å². The van der Waals surface area contributed by atoms with E-state index < -0.39 is 0 Å². The number of aliphatic hydroxyl groups excluding tert-OH is 1. The lowest BCUT2D eigenvalue weighted by molar-refractivity contribution is 0.288. The lowest BCUT2D eigenvalue weighted by Crippen LogP contribution is -2.07. The number of hydrogen-bond donors (Lipinski definition) is 3. The lowest BCUT2D eigenvalue weighted by Gasteiger charge is -1.93. The zero-order valence-electron chi connectivity index (χ0n) is 5.06. The molecule has 0 aromatic heterocycles. The van der Waals surface area contributed by atoms with E-state index in [2.05, 4.69) is 11.9 Å². The first-order chi connectivity index (χ1) is 3.41. The summed E-state index contributed by atoms with van der Waals surface area (Å²) >= 11 is 0. The topological polar surface area (TPSA) is 67.3 Å². The normalized spacial score (nSPS) is 7.12. The molecule has 0 saturated heterocycles. The van der Waals surface area contributed by atoms with Crippen LogP contribution in [0.4, 0.5) is 0 Å². The summed E-state index contributed by atoms with van der Waals surface area (Å²) in [6, 6.07) is 0. The second-order valence-electron chi connectivity index (χ2n) is 1.24. The van der Waals surface area contributed by atoms with E-state index in [1.54, 1.807) is 6.20 Å². The summed E-state index contributed by atoms with van der Waals surface area (Å²) in [4.78, 5) is 0. The largest absolute Gasteiger partial charge is 0.396 e. The van der Waals surface area contributed by atoms with Gasteiger partial charge in [0.15, 0.2) is 0 Å². The minimum absolute atomic E-state index is 0. The van der Waals surface area contributed by atoms with Crippen molar-refractivity contribution in [3.63, 3.8) is 0 Å². The van der Waals surface area contributed by atoms with Crippen molar-refractivity contribution in [3.8, 4) is 0 Å². The Labute approximate surface area is 50.0 Å². The molecule has 0 aromatic carbocycles. The smallest absolute Gasteiger partial charge is 0.0447 e. The molecule has 0 radical (unpaired) electrons. The highest BCUT2D eigenvalue weighted by molar-refractivity contribution is 4.61. The first kappa shape index (κ1) is 10.4. The van der Waals surface area contributed by atoms with Gasteiger partial charge >= 0.3 is 0 Å². The summed E-state index contributed by atoms with van der Waals surface area (Å²) in [6.07, 6.45) is 2.42. The average molecular weight is 118 g/mol. The molecule has 0 unspecified atom stereocenters. The van der Waals surface area contributed by atoms with Crippen LogP contribution in [0.25, 0.3) is 0 Å². The molecule has 5 N–H and O–H groups in total. The zero-order chi connectivity index (χ0) is 5.54. The number of rotatable bonds is 4. The highest BCUT2D eigenvalue weighted by atomic mass is 16.3. The molecule has 0 saturated carbocycles. The minimum atomic E-state index is 0. The molecule has 0 amide bonds. The molecule has 3 nitrogen and oxygen atoms in total. The van der Waals surface area contributed by atoms with Crippen molar-refractivity contribution in [1.82, 2.24) is 11.5 Å². The number of hydrogen-bond acceptors (Lipinski definition) is 3. The van der Waals surface area contributed by atoms with Gasteiger partial charge in [-0.1, -0.05) is 6.58 Å². The summed E-state index contributed by atoms with van der Waals surface area (Å²) in [5.74, 6) is 0. The van der Waals surface area contributed by atoms with Crippen LogP contribution in [0.1, 0.15) is 6.42 Å². The Morgan fingerprint density at radius 3 is 2.62 bits per heavy atom. The summed E-state index contributed by atoms with van der Waals surface area (Å²) in [5, 5.41) is 11.1. The molecule has 0 fully saturated rings. The van der Waals surface area contributed by atoms with Gasteiger partial charge in [0.25, 0.3) is 0 Å². The van der Waals surface area contributed by atoms with Crippen LogP contribution in [-0.2, 0) is 0 Å². The number of nitrogens with one attached hydrogen (secondary N) is 1. The first-order valence-corrected chi connectivity index (χ1v) is 2.37. The predicted molar refractivity (Wildman–Crippen MR) is 34.9 cm³/mol. The van der Waals surface area contributed by atoms with Crippen LogP contribution < -0.4 is 11.5 Å². The Balaban J connectivity index is 0. The highest BCUT2D eigenvalue weighted by Crippen LogP contribution is 1.68. The summed E-state index contributed by atoms with van der Waals surface area (Å²) in [6.45, 7) is 4.51. The fourth-order valence-electron chi connectivity index (χ4n) is 0.283. The van der Waals surface area contributed by atoms with Gasteiger partial charge in [-0.3, -0.25) is 0 Å². The van der Waals surface area contributed by atoms with E-state index in [-0.39, 0.29) is 12.8 Å². The third-order valence-corrected chi connectivity index (χ3v) is 0.624. The van der Waals surface area contributed by atoms with Crippen molar-refractivity contribution in [2.45, 2.75) is 6.42 Å². The number of aliphatic hydroxyl groups is 1. The van der Waals surface area contributed by atoms with Crippen molar-refractivity contribution >= 4 is 0 Å². The van der Waals surface area contributed by atoms with Gasteiger partial charge in [0.05, 0.1) is 0 Å². The maximum Gasteiger partial charge on any atom is 0.0447 e. The van der Waals surface area contributed by atoms with E-state index in [1.807, 2.05) is 0 Å². The minimum Gasteiger partial charge on any atom is -0.396 e. The van der Waals surface area contributed by atoms with E-state index in [4.69, 9.17) is 5.11 Å². The van der Waals surface area contributed by atoms with Gasteiger partial charge in [0.2, 0.25) is 0 Å². The second kappa shape index (κ2) is 9.68. The van der Waals surface area contributed by atoms with Crippen LogP contribution in [-0.4, -0.2) is 18.3 Å². The Morgan fingerprint density at radius 2 is 2.25 bits per heavy atom. The van der Waals surface area contributed by atoms with E-state index in [1.165, 1.54) is 0 Å². The third-order valence-electron chi connectivity index (χ3n) is 0.624. The lowest BCUT2D eigenvalue weighted by atomic mass is 10.5. The summed E-state index contributed by atoms with van der Waals surface area (Å²) in [5.41, 5.74) is 0. The predicted octanol–water partition coefficient (Wildman–Crippen LogP) is 0.264. The van der Waals surface area contributed by atoms with Gasteiger partial charge < -0.3 is 16.6 Å². The van der Waals surface area contributed by atoms with E-state index >= 15 is 0 Å². The molecule has 50 valence electrons. The van der Waals surface area contributed by atoms with Gasteiger partial charge in [-0.2, -0.15) is 0 Å². The Morgan fingerprint density at radius 1 is 1.62 bits per heavy atom. The Kier molecular flexibility index (Phi) is 12.6. The fourth-order valence-corrected chi connectivity index (χ4v) is 0.283. The Hall–Kier alpha value is -0.540. The molecular weight excluding hydrogens is 104 g/mol. The fraction of sp³-hybridized carbons (Fsp3) is 0.600. The molecule has 0 aromatic rings. The van der Waals surface area contributed by atoms with Crippen molar-refractivity contribution in [1.29, 1.82) is 0 Å². The second-order valence-corrected chi connectivity index (χ2v) is 1.24. The van der Waals surface area contributed by atoms with Gasteiger partial charge in [-0.05, 0) is 12.6 Å². The molecule has 0 aliphatic rings. The molecule has 8 heavy (non-hydrogen) atoms. The van der Waals surface area contributed by atoms with E-state index in [0.29, 0.717) is 0 Å². The van der Waals surface area contributed by atoms with Crippen LogP contribution >= 0.6 is 0 Å². The van der Waals surface area contributed by atoms with Gasteiger partial charge in [0.1, 0.15) is 0 Å². The highest BCUT2D eigenvalue weighted by Gasteiger charge is 1.75. The summed E-state index contributed by atoms with van der Waals surface area (Å²) < 4.78 is 0. The van der Waals surface area contributed by atoms with Crippen LogP contribution in [0, 0.1) is 0 Å². The molecule has 0 spiro atoms. The van der Waals surface area contributed by atoms with E-state index in [0.717, 1.165) is 13.0 Å². The van der Waals surface area contributed by atoms with Crippen molar-refractivity contribution < 1.29 is 5.11 Å². The summed E-state index contributed by atoms with van der Waals surface area (Å²) in [7, 11) is 0. The SMILES string of the molecule is C=CNCCCO.N. The molecule has 0 heterocycles. The molecule has 0 aliphatic carbocycles. The van der Waals surface area contributed by atoms with Crippen LogP contribution in [0.5, 0.6) is 0 Å². The third kappa shape index (κ3) is 9.07. The molecule has 0 atom stereocenters. The van der Waals surface area contributed by atoms with Crippen molar-refractivity contribution in [2.75, 3.05) is 13.2 Å². The molecular formula is C5H14N2O. The Bertz CT molecular complexity index is 47.7. The molecule has 0 bridgehead atoms. The molecule has 3 heteroatoms. The van der Waals surface area contributed by atoms with Gasteiger partial charge in [0, 0.05) is 13.2 Å². The zero-order valence-corrected chi connectivity index (χ0v) is 5.06. The van der Waals surface area contributed by atoms with Crippen LogP contribution in [0.2, 0.25) is 0 Å². The maximum absolute atomic E-state index is 8.22. The standard InChI is InChI=1S/C5H11NO.H3N/c1-2-6-4-3-5-7;/h2,6-7H,1,3-5H2;1H3. The van der Waals surface area contributed by atoms with Crippen LogP contribution in [0.3, 0.4) is 0 Å². The van der Waals surface area contributed by atoms with Gasteiger partial charge in [-0.15, -0.1) is 0 Å². The molecule has 0 rings (SSSR count). The average Bonchev–Trinajstić information content (AvgIpc) is 1.69. The molecule has 0 aliphatic heterocycles. The van der Waals surface area contributed by atoms with Gasteiger partial charge in [-0.25, -0.2) is 0 Å². The first-order valence-electron chi connectivity index (χ1n) is 2.37. The van der Waals surface area contributed by atoms with Crippen molar-refractivity contribution in [2.24, 2.45) is 0 Å². The maximum atomic E-state index is 8.22. The van der Waals surface area contributed by atoms with E-state index in [9.17, 15) is 0 Å². The van der Waals surface area contributed by atoms with Crippen LogP contribution in [0.15, 0.2) is 12.8 Å². The monoisotopic (exact) mass is 118 g/mol. The quantitative estimate of drug-likeness (QED) is 0.464.